The molecule has 0 aliphatic rings. The van der Waals surface area contributed by atoms with Crippen molar-refractivity contribution in [2.75, 3.05) is 0 Å². The van der Waals surface area contributed by atoms with Gasteiger partial charge in [-0.3, -0.25) is 0 Å². The first-order valence-electron chi connectivity index (χ1n) is 20.9. The van der Waals surface area contributed by atoms with Gasteiger partial charge in [-0.2, -0.15) is 0 Å². The fourth-order valence-electron chi connectivity index (χ4n) is 9.49. The fraction of sp³-hybridized carbons (Fsp3) is 0. The molecule has 0 spiro atoms. The van der Waals surface area contributed by atoms with Crippen molar-refractivity contribution in [2.45, 2.75) is 0 Å². The molecule has 0 saturated carbocycles. The summed E-state index contributed by atoms with van der Waals surface area (Å²) in [5.41, 5.74) is 10.1. The zero-order valence-corrected chi connectivity index (χ0v) is 33.3. The van der Waals surface area contributed by atoms with Gasteiger partial charge < -0.3 is 8.98 Å². The Labute approximate surface area is 355 Å². The summed E-state index contributed by atoms with van der Waals surface area (Å²) in [4.78, 5) is 15.5. The molecule has 0 aliphatic carbocycles. The quantitative estimate of drug-likeness (QED) is 0.174. The second-order valence-corrected chi connectivity index (χ2v) is 16.0. The summed E-state index contributed by atoms with van der Waals surface area (Å²) in [7, 11) is 0. The van der Waals surface area contributed by atoms with Crippen molar-refractivity contribution >= 4 is 76.1 Å². The van der Waals surface area contributed by atoms with Gasteiger partial charge in [-0.05, 0) is 68.4 Å². The van der Waals surface area contributed by atoms with Gasteiger partial charge in [0.05, 0.1) is 16.7 Å². The summed E-state index contributed by atoms with van der Waals surface area (Å²) in [5.74, 6) is 1.84. The van der Waals surface area contributed by atoms with Gasteiger partial charge in [0.15, 0.2) is 17.5 Å². The standard InChI is InChI=1S/C57H34N4O/c1-2-14-37(15-3-1)55-58-56(38-27-25-36(26-28-38)43-22-12-18-35-13-6-7-19-42(35)43)60-57(59-55)41-29-30-45-48(32-41)51(34-53-54(45)46-21-9-11-24-52(46)62-53)61-49-23-10-8-20-44(49)47-31-39-16-4-5-17-40(39)33-50(47)61/h1-34H. The number of hydrogen-bond acceptors (Lipinski definition) is 4. The molecule has 0 saturated heterocycles. The van der Waals surface area contributed by atoms with E-state index in [-0.39, 0.29) is 0 Å². The molecule has 10 aromatic carbocycles. The zero-order chi connectivity index (χ0) is 40.7. The molecular formula is C57H34N4O. The Morgan fingerprint density at radius 1 is 0.323 bits per heavy atom. The normalized spacial score (nSPS) is 11.9. The van der Waals surface area contributed by atoms with Crippen molar-refractivity contribution in [3.05, 3.63) is 206 Å². The van der Waals surface area contributed by atoms with Gasteiger partial charge in [0, 0.05) is 49.7 Å². The first kappa shape index (κ1) is 34.5. The highest BCUT2D eigenvalue weighted by Gasteiger charge is 2.21. The molecule has 5 nitrogen and oxygen atoms in total. The predicted molar refractivity (Wildman–Crippen MR) is 256 cm³/mol. The molecule has 0 radical (unpaired) electrons. The van der Waals surface area contributed by atoms with E-state index >= 15 is 0 Å². The Morgan fingerprint density at radius 2 is 0.919 bits per heavy atom. The van der Waals surface area contributed by atoms with Gasteiger partial charge in [-0.15, -0.1) is 0 Å². The molecule has 0 atom stereocenters. The van der Waals surface area contributed by atoms with E-state index in [2.05, 4.69) is 180 Å². The second-order valence-electron chi connectivity index (χ2n) is 16.0. The third kappa shape index (κ3) is 5.38. The van der Waals surface area contributed by atoms with Crippen LogP contribution in [-0.2, 0) is 0 Å². The van der Waals surface area contributed by atoms with Crippen LogP contribution in [0, 0.1) is 0 Å². The summed E-state index contributed by atoms with van der Waals surface area (Å²) in [6.45, 7) is 0. The van der Waals surface area contributed by atoms with Crippen LogP contribution in [0.5, 0.6) is 0 Å². The smallest absolute Gasteiger partial charge is 0.164 e. The lowest BCUT2D eigenvalue weighted by molar-refractivity contribution is 0.669. The first-order chi connectivity index (χ1) is 30.7. The topological polar surface area (TPSA) is 56.7 Å². The predicted octanol–water partition coefficient (Wildman–Crippen LogP) is 15.0. The van der Waals surface area contributed by atoms with E-state index in [0.717, 1.165) is 71.7 Å². The van der Waals surface area contributed by atoms with E-state index in [1.807, 2.05) is 30.3 Å². The van der Waals surface area contributed by atoms with E-state index in [4.69, 9.17) is 19.4 Å². The van der Waals surface area contributed by atoms with E-state index in [1.54, 1.807) is 0 Å². The molecule has 0 unspecified atom stereocenters. The van der Waals surface area contributed by atoms with Crippen LogP contribution >= 0.6 is 0 Å². The molecular weight excluding hydrogens is 757 g/mol. The highest BCUT2D eigenvalue weighted by Crippen LogP contribution is 2.43. The second kappa shape index (κ2) is 13.6. The molecule has 0 amide bonds. The van der Waals surface area contributed by atoms with Crippen molar-refractivity contribution in [3.63, 3.8) is 0 Å². The summed E-state index contributed by atoms with van der Waals surface area (Å²) < 4.78 is 9.05. The van der Waals surface area contributed by atoms with Gasteiger partial charge in [-0.25, -0.2) is 15.0 Å². The molecule has 13 rings (SSSR count). The highest BCUT2D eigenvalue weighted by molar-refractivity contribution is 6.22. The van der Waals surface area contributed by atoms with Gasteiger partial charge in [0.2, 0.25) is 0 Å². The lowest BCUT2D eigenvalue weighted by Gasteiger charge is -2.14. The molecule has 288 valence electrons. The Morgan fingerprint density at radius 3 is 1.73 bits per heavy atom. The molecule has 62 heavy (non-hydrogen) atoms. The molecule has 0 N–H and O–H groups in total. The first-order valence-corrected chi connectivity index (χ1v) is 20.9. The lowest BCUT2D eigenvalue weighted by atomic mass is 9.97. The summed E-state index contributed by atoms with van der Waals surface area (Å²) in [6.07, 6.45) is 0. The number of benzene rings is 10. The minimum absolute atomic E-state index is 0.602. The van der Waals surface area contributed by atoms with Gasteiger partial charge in [-0.1, -0.05) is 170 Å². The van der Waals surface area contributed by atoms with E-state index < -0.39 is 0 Å². The SMILES string of the molecule is c1ccc(-c2nc(-c3ccc(-c4cccc5ccccc45)cc3)nc(-c3ccc4c(c3)c(-n3c5ccccc5c5cc6ccccc6cc53)cc3oc5ccccc5c34)n2)cc1. The lowest BCUT2D eigenvalue weighted by Crippen LogP contribution is -2.01. The van der Waals surface area contributed by atoms with Crippen molar-refractivity contribution in [1.29, 1.82) is 0 Å². The van der Waals surface area contributed by atoms with Crippen LogP contribution in [0.15, 0.2) is 211 Å². The molecule has 3 aromatic heterocycles. The number of hydrogen-bond donors (Lipinski definition) is 0. The van der Waals surface area contributed by atoms with Gasteiger partial charge >= 0.3 is 0 Å². The number of aromatic nitrogens is 4. The fourth-order valence-corrected chi connectivity index (χ4v) is 9.49. The minimum Gasteiger partial charge on any atom is -0.456 e. The Bertz CT molecular complexity index is 3910. The van der Waals surface area contributed by atoms with Crippen molar-refractivity contribution < 1.29 is 4.42 Å². The molecule has 3 heterocycles. The molecule has 0 bridgehead atoms. The average molecular weight is 791 g/mol. The maximum atomic E-state index is 6.65. The van der Waals surface area contributed by atoms with Crippen LogP contribution in [0.1, 0.15) is 0 Å². The van der Waals surface area contributed by atoms with Crippen molar-refractivity contribution in [1.82, 2.24) is 19.5 Å². The molecule has 13 aromatic rings. The number of fused-ring (bicyclic) bond motifs is 10. The Hall–Kier alpha value is -8.41. The van der Waals surface area contributed by atoms with Crippen LogP contribution in [0.3, 0.4) is 0 Å². The third-order valence-corrected chi connectivity index (χ3v) is 12.4. The molecule has 0 fully saturated rings. The highest BCUT2D eigenvalue weighted by atomic mass is 16.3. The number of para-hydroxylation sites is 2. The number of rotatable bonds is 5. The number of furan rings is 1. The average Bonchev–Trinajstić information content (AvgIpc) is 3.88. The van der Waals surface area contributed by atoms with E-state index in [9.17, 15) is 0 Å². The van der Waals surface area contributed by atoms with E-state index in [0.29, 0.717) is 17.5 Å². The van der Waals surface area contributed by atoms with E-state index in [1.165, 1.54) is 37.9 Å². The van der Waals surface area contributed by atoms with Crippen LogP contribution in [0.4, 0.5) is 0 Å². The minimum atomic E-state index is 0.602. The largest absolute Gasteiger partial charge is 0.456 e. The summed E-state index contributed by atoms with van der Waals surface area (Å²) in [5, 5.41) is 11.6. The molecule has 5 heteroatoms. The zero-order valence-electron chi connectivity index (χ0n) is 33.3. The van der Waals surface area contributed by atoms with Crippen molar-refractivity contribution in [2.24, 2.45) is 0 Å². The van der Waals surface area contributed by atoms with Crippen LogP contribution in [-0.4, -0.2) is 19.5 Å². The van der Waals surface area contributed by atoms with Gasteiger partial charge in [0.25, 0.3) is 0 Å². The number of nitrogens with zero attached hydrogens (tertiary/aromatic N) is 4. The Kier molecular flexibility index (Phi) is 7.54. The molecule has 0 aliphatic heterocycles. The maximum Gasteiger partial charge on any atom is 0.164 e. The van der Waals surface area contributed by atoms with Crippen LogP contribution in [0.25, 0.3) is 127 Å². The van der Waals surface area contributed by atoms with Crippen molar-refractivity contribution in [3.8, 4) is 51.0 Å². The summed E-state index contributed by atoms with van der Waals surface area (Å²) >= 11 is 0. The maximum absolute atomic E-state index is 6.65. The van der Waals surface area contributed by atoms with Crippen LogP contribution < -0.4 is 0 Å². The van der Waals surface area contributed by atoms with Gasteiger partial charge in [0.1, 0.15) is 11.2 Å². The third-order valence-electron chi connectivity index (χ3n) is 12.4. The summed E-state index contributed by atoms with van der Waals surface area (Å²) in [6, 6.07) is 72.8. The van der Waals surface area contributed by atoms with Crippen LogP contribution in [0.2, 0.25) is 0 Å². The Balaban J connectivity index is 1.05. The monoisotopic (exact) mass is 790 g/mol.